The summed E-state index contributed by atoms with van der Waals surface area (Å²) in [5, 5.41) is 7.60. The Morgan fingerprint density at radius 2 is 1.75 bits per heavy atom. The van der Waals surface area contributed by atoms with Crippen LogP contribution in [-0.4, -0.2) is 34.1 Å². The quantitative estimate of drug-likeness (QED) is 0.219. The highest BCUT2D eigenvalue weighted by molar-refractivity contribution is 6.31. The normalized spacial score (nSPS) is 16.1. The number of amides is 2. The van der Waals surface area contributed by atoms with E-state index in [-0.39, 0.29) is 24.3 Å². The number of para-hydroxylation sites is 1. The Bertz CT molecular complexity index is 1470. The molecule has 1 atom stereocenters. The minimum Gasteiger partial charge on any atom is -0.445 e. The van der Waals surface area contributed by atoms with Crippen molar-refractivity contribution in [2.75, 3.05) is 6.54 Å². The Morgan fingerprint density at radius 3 is 2.52 bits per heavy atom. The summed E-state index contributed by atoms with van der Waals surface area (Å²) in [5.41, 5.74) is 2.08. The summed E-state index contributed by atoms with van der Waals surface area (Å²) in [6, 6.07) is 21.1. The highest BCUT2D eigenvalue weighted by atomic mass is 35.5. The summed E-state index contributed by atoms with van der Waals surface area (Å²) in [7, 11) is 0. The predicted octanol–water partition coefficient (Wildman–Crippen LogP) is 6.46. The molecule has 0 spiro atoms. The van der Waals surface area contributed by atoms with Gasteiger partial charge in [-0.05, 0) is 49.6 Å². The highest BCUT2D eigenvalue weighted by Crippen LogP contribution is 2.38. The number of carbonyl (C=O) groups excluding carboxylic acids is 2. The topological polar surface area (TPSA) is 96.1 Å². The van der Waals surface area contributed by atoms with Crippen LogP contribution >= 0.6 is 11.6 Å². The zero-order valence-corrected chi connectivity index (χ0v) is 23.5. The second kappa shape index (κ2) is 12.1. The summed E-state index contributed by atoms with van der Waals surface area (Å²) < 4.78 is 5.51. The molecular weight excluding hydrogens is 524 g/mol. The molecule has 1 saturated carbocycles. The van der Waals surface area contributed by atoms with Gasteiger partial charge in [-0.3, -0.25) is 9.78 Å². The molecule has 3 N–H and O–H groups in total. The number of hydrogen-bond donors (Lipinski definition) is 3. The van der Waals surface area contributed by atoms with Gasteiger partial charge < -0.3 is 20.4 Å². The Balaban J connectivity index is 1.36. The standard InChI is InChI=1S/C32H35ClN4O3/c1-31(19-24-20-35-27-14-6-4-12-25(24)27,37-30(39)40-21-23-11-3-5-13-26(23)33)29(38)36-22-32(16-8-2-9-17-32)28-15-7-10-18-34-28/h3-7,10-15,18,20,35H,2,8-9,16-17,19,21-22H2,1H3,(H,36,38)(H,37,39)/t31-/m0/s1. The van der Waals surface area contributed by atoms with E-state index in [9.17, 15) is 9.59 Å². The second-order valence-electron chi connectivity index (χ2n) is 10.9. The molecule has 2 aromatic heterocycles. The van der Waals surface area contributed by atoms with E-state index < -0.39 is 11.6 Å². The Kier molecular flexibility index (Phi) is 8.40. The van der Waals surface area contributed by atoms with Crippen LogP contribution in [0.3, 0.4) is 0 Å². The largest absolute Gasteiger partial charge is 0.445 e. The van der Waals surface area contributed by atoms with Gasteiger partial charge in [0.25, 0.3) is 0 Å². The molecule has 40 heavy (non-hydrogen) atoms. The first-order chi connectivity index (χ1) is 19.4. The van der Waals surface area contributed by atoms with Gasteiger partial charge >= 0.3 is 6.09 Å². The molecule has 208 valence electrons. The van der Waals surface area contributed by atoms with Crippen LogP contribution < -0.4 is 10.6 Å². The van der Waals surface area contributed by atoms with Gasteiger partial charge in [-0.15, -0.1) is 0 Å². The lowest BCUT2D eigenvalue weighted by Gasteiger charge is -2.38. The van der Waals surface area contributed by atoms with E-state index in [1.807, 2.05) is 67.0 Å². The zero-order valence-electron chi connectivity index (χ0n) is 22.7. The third kappa shape index (κ3) is 6.15. The first kappa shape index (κ1) is 27.7. The molecule has 0 saturated heterocycles. The van der Waals surface area contributed by atoms with Crippen LogP contribution in [-0.2, 0) is 28.0 Å². The average Bonchev–Trinajstić information content (AvgIpc) is 3.38. The Hall–Kier alpha value is -3.84. The molecule has 4 aromatic rings. The molecule has 0 unspecified atom stereocenters. The van der Waals surface area contributed by atoms with Crippen molar-refractivity contribution in [1.29, 1.82) is 0 Å². The number of nitrogens with zero attached hydrogens (tertiary/aromatic N) is 1. The van der Waals surface area contributed by atoms with E-state index in [1.165, 1.54) is 6.42 Å². The fraction of sp³-hybridized carbons (Fsp3) is 0.344. The number of nitrogens with one attached hydrogen (secondary N) is 3. The zero-order chi connectivity index (χ0) is 28.0. The molecule has 1 fully saturated rings. The number of aromatic amines is 1. The summed E-state index contributed by atoms with van der Waals surface area (Å²) in [4.78, 5) is 35.0. The minimum atomic E-state index is -1.28. The number of benzene rings is 2. The van der Waals surface area contributed by atoms with Crippen LogP contribution in [0.2, 0.25) is 5.02 Å². The smallest absolute Gasteiger partial charge is 0.408 e. The van der Waals surface area contributed by atoms with E-state index >= 15 is 0 Å². The number of carbonyl (C=O) groups is 2. The lowest BCUT2D eigenvalue weighted by atomic mass is 9.71. The van der Waals surface area contributed by atoms with E-state index in [2.05, 4.69) is 20.6 Å². The third-order valence-electron chi connectivity index (χ3n) is 8.02. The summed E-state index contributed by atoms with van der Waals surface area (Å²) in [5.74, 6) is -0.270. The molecule has 2 heterocycles. The summed E-state index contributed by atoms with van der Waals surface area (Å²) >= 11 is 6.24. The molecule has 5 rings (SSSR count). The Morgan fingerprint density at radius 1 is 1.00 bits per heavy atom. The lowest BCUT2D eigenvalue weighted by Crippen LogP contribution is -2.59. The first-order valence-corrected chi connectivity index (χ1v) is 14.2. The van der Waals surface area contributed by atoms with E-state index in [1.54, 1.807) is 19.1 Å². The van der Waals surface area contributed by atoms with Crippen LogP contribution in [0, 0.1) is 0 Å². The predicted molar refractivity (Wildman–Crippen MR) is 157 cm³/mol. The fourth-order valence-electron chi connectivity index (χ4n) is 5.73. The van der Waals surface area contributed by atoms with Crippen molar-refractivity contribution < 1.29 is 14.3 Å². The monoisotopic (exact) mass is 558 g/mol. The van der Waals surface area contributed by atoms with Crippen molar-refractivity contribution in [1.82, 2.24) is 20.6 Å². The SMILES string of the molecule is C[C@@](Cc1c[nH]c2ccccc12)(NC(=O)OCc1ccccc1Cl)C(=O)NCC1(c2ccccn2)CCCCC1. The van der Waals surface area contributed by atoms with Gasteiger partial charge in [-0.25, -0.2) is 4.79 Å². The number of H-pyrrole nitrogens is 1. The van der Waals surface area contributed by atoms with Gasteiger partial charge in [0.05, 0.1) is 0 Å². The third-order valence-corrected chi connectivity index (χ3v) is 8.39. The number of ether oxygens (including phenoxy) is 1. The van der Waals surface area contributed by atoms with Gasteiger partial charge in [0.15, 0.2) is 0 Å². The molecule has 0 radical (unpaired) electrons. The molecule has 1 aliphatic carbocycles. The fourth-order valence-corrected chi connectivity index (χ4v) is 5.92. The highest BCUT2D eigenvalue weighted by Gasteiger charge is 2.40. The molecule has 7 nitrogen and oxygen atoms in total. The van der Waals surface area contributed by atoms with Crippen LogP contribution in [0.1, 0.15) is 55.8 Å². The number of halogens is 1. The van der Waals surface area contributed by atoms with Gasteiger partial charge in [0.1, 0.15) is 12.1 Å². The van der Waals surface area contributed by atoms with Crippen molar-refractivity contribution in [2.45, 2.75) is 63.0 Å². The van der Waals surface area contributed by atoms with Gasteiger partial charge in [-0.1, -0.05) is 73.3 Å². The molecule has 8 heteroatoms. The van der Waals surface area contributed by atoms with Crippen molar-refractivity contribution in [3.8, 4) is 0 Å². The number of pyridine rings is 1. The number of hydrogen-bond acceptors (Lipinski definition) is 4. The molecular formula is C32H35ClN4O3. The van der Waals surface area contributed by atoms with Gasteiger partial charge in [-0.2, -0.15) is 0 Å². The van der Waals surface area contributed by atoms with Gasteiger partial charge in [0, 0.05) is 58.0 Å². The van der Waals surface area contributed by atoms with Crippen LogP contribution in [0.4, 0.5) is 4.79 Å². The Labute approximate surface area is 239 Å². The maximum absolute atomic E-state index is 14.0. The van der Waals surface area contributed by atoms with E-state index in [0.717, 1.165) is 47.8 Å². The average molecular weight is 559 g/mol. The van der Waals surface area contributed by atoms with E-state index in [4.69, 9.17) is 16.3 Å². The maximum atomic E-state index is 14.0. The van der Waals surface area contributed by atoms with E-state index in [0.29, 0.717) is 17.1 Å². The van der Waals surface area contributed by atoms with Gasteiger partial charge in [0.2, 0.25) is 5.91 Å². The van der Waals surface area contributed by atoms with Crippen molar-refractivity contribution >= 4 is 34.5 Å². The summed E-state index contributed by atoms with van der Waals surface area (Å²) in [6.07, 6.45) is 8.56. The van der Waals surface area contributed by atoms with Crippen molar-refractivity contribution in [3.63, 3.8) is 0 Å². The number of aromatic nitrogens is 2. The minimum absolute atomic E-state index is 0.000914. The number of alkyl carbamates (subject to hydrolysis) is 1. The number of rotatable bonds is 9. The van der Waals surface area contributed by atoms with Crippen molar-refractivity contribution in [3.05, 3.63) is 101 Å². The molecule has 0 aliphatic heterocycles. The first-order valence-electron chi connectivity index (χ1n) is 13.8. The van der Waals surface area contributed by atoms with Crippen LogP contribution in [0.25, 0.3) is 10.9 Å². The lowest BCUT2D eigenvalue weighted by molar-refractivity contribution is -0.127. The van der Waals surface area contributed by atoms with Crippen molar-refractivity contribution in [2.24, 2.45) is 0 Å². The molecule has 2 amide bonds. The number of fused-ring (bicyclic) bond motifs is 1. The molecule has 0 bridgehead atoms. The summed E-state index contributed by atoms with van der Waals surface area (Å²) in [6.45, 7) is 2.19. The maximum Gasteiger partial charge on any atom is 0.408 e. The molecule has 2 aromatic carbocycles. The molecule has 1 aliphatic rings. The second-order valence-corrected chi connectivity index (χ2v) is 11.3. The van der Waals surface area contributed by atoms with Crippen LogP contribution in [0.5, 0.6) is 0 Å². The van der Waals surface area contributed by atoms with Crippen LogP contribution in [0.15, 0.2) is 79.1 Å².